The fourth-order valence-corrected chi connectivity index (χ4v) is 5.11. The molecule has 0 spiro atoms. The molecule has 0 saturated carbocycles. The Labute approximate surface area is 255 Å². The number of fused-ring (bicyclic) bond motifs is 2. The van der Waals surface area contributed by atoms with Gasteiger partial charge in [0.15, 0.2) is 0 Å². The van der Waals surface area contributed by atoms with Crippen molar-refractivity contribution < 1.29 is 30.8 Å². The van der Waals surface area contributed by atoms with Crippen LogP contribution >= 0.6 is 11.9 Å². The average molecular weight is 632 g/mol. The molecule has 0 radical (unpaired) electrons. The van der Waals surface area contributed by atoms with Crippen LogP contribution in [0, 0.1) is 13.8 Å². The third kappa shape index (κ3) is 8.49. The number of nitrogens with zero attached hydrogens (tertiary/aromatic N) is 1. The van der Waals surface area contributed by atoms with Crippen molar-refractivity contribution in [1.82, 2.24) is 0 Å². The monoisotopic (exact) mass is 631 g/mol. The zero-order valence-electron chi connectivity index (χ0n) is 24.5. The third-order valence-corrected chi connectivity index (χ3v) is 7.21. The summed E-state index contributed by atoms with van der Waals surface area (Å²) < 4.78 is 86.6. The molecule has 4 nitrogen and oxygen atoms in total. The van der Waals surface area contributed by atoms with Crippen LogP contribution in [0.1, 0.15) is 25.0 Å². The Kier molecular flexibility index (Phi) is 10.2. The van der Waals surface area contributed by atoms with Crippen molar-refractivity contribution in [1.29, 1.82) is 0 Å². The van der Waals surface area contributed by atoms with Crippen LogP contribution in [0.4, 0.5) is 37.7 Å². The minimum absolute atomic E-state index is 0.0674. The summed E-state index contributed by atoms with van der Waals surface area (Å²) in [6, 6.07) is 23.1. The third-order valence-electron chi connectivity index (χ3n) is 6.38. The minimum Gasteiger partial charge on any atom is -0.456 e. The van der Waals surface area contributed by atoms with E-state index in [0.717, 1.165) is 27.3 Å². The van der Waals surface area contributed by atoms with E-state index in [0.29, 0.717) is 16.5 Å². The molecule has 0 fully saturated rings. The molecule has 232 valence electrons. The predicted octanol–water partition coefficient (Wildman–Crippen LogP) is 10.4. The SMILES string of the molecule is CC.Cc1ccc(SNc2ccc(C)cc2-c2c3ccc(=NCC(F)(F)F)cc-3oc3cc(NCC(F)(F)F)ccc23)cc1. The maximum Gasteiger partial charge on any atom is 0.407 e. The summed E-state index contributed by atoms with van der Waals surface area (Å²) in [4.78, 5) is 4.63. The van der Waals surface area contributed by atoms with Crippen molar-refractivity contribution in [2.24, 2.45) is 4.99 Å². The summed E-state index contributed by atoms with van der Waals surface area (Å²) in [5.41, 5.74) is 5.41. The molecule has 0 amide bonds. The Balaban J connectivity index is 0.00000216. The number of rotatable bonds is 7. The number of alkyl halides is 6. The first-order valence-electron chi connectivity index (χ1n) is 13.8. The first-order valence-corrected chi connectivity index (χ1v) is 14.7. The second-order valence-electron chi connectivity index (χ2n) is 9.83. The van der Waals surface area contributed by atoms with E-state index in [9.17, 15) is 26.3 Å². The standard InChI is InChI=1S/C31H25F6N3OS.C2H6/c1-18-3-8-22(9-4-18)42-40-26-12-5-19(2)13-25(26)29-23-10-6-20(38-16-30(32,33)34)14-27(23)41-28-15-21(7-11-24(28)29)39-17-31(35,36)37;1-2/h3-15,38,40H,16-17H2,1-2H3;1-2H3. The lowest BCUT2D eigenvalue weighted by molar-refractivity contribution is -0.118. The van der Waals surface area contributed by atoms with Gasteiger partial charge in [-0.05, 0) is 74.3 Å². The lowest BCUT2D eigenvalue weighted by Gasteiger charge is -2.20. The smallest absolute Gasteiger partial charge is 0.407 e. The van der Waals surface area contributed by atoms with E-state index in [4.69, 9.17) is 4.42 Å². The molecule has 0 bridgehead atoms. The van der Waals surface area contributed by atoms with Crippen LogP contribution in [0.5, 0.6) is 0 Å². The normalized spacial score (nSPS) is 12.3. The van der Waals surface area contributed by atoms with Gasteiger partial charge in [-0.2, -0.15) is 26.3 Å². The molecule has 1 aliphatic heterocycles. The summed E-state index contributed by atoms with van der Waals surface area (Å²) in [6.07, 6.45) is -8.90. The van der Waals surface area contributed by atoms with Gasteiger partial charge in [0, 0.05) is 44.8 Å². The van der Waals surface area contributed by atoms with Crippen molar-refractivity contribution in [2.45, 2.75) is 44.9 Å². The topological polar surface area (TPSA) is 49.6 Å². The van der Waals surface area contributed by atoms with Gasteiger partial charge in [-0.15, -0.1) is 0 Å². The van der Waals surface area contributed by atoms with Crippen molar-refractivity contribution in [3.8, 4) is 22.5 Å². The van der Waals surface area contributed by atoms with E-state index >= 15 is 0 Å². The van der Waals surface area contributed by atoms with Gasteiger partial charge in [-0.3, -0.25) is 4.99 Å². The van der Waals surface area contributed by atoms with Crippen molar-refractivity contribution >= 4 is 34.3 Å². The molecule has 2 N–H and O–H groups in total. The summed E-state index contributed by atoms with van der Waals surface area (Å²) >= 11 is 1.42. The first-order chi connectivity index (χ1) is 20.8. The van der Waals surface area contributed by atoms with E-state index in [-0.39, 0.29) is 22.4 Å². The molecule has 0 aromatic heterocycles. The molecule has 5 rings (SSSR count). The molecule has 0 saturated heterocycles. The average Bonchev–Trinajstić information content (AvgIpc) is 2.98. The van der Waals surface area contributed by atoms with Gasteiger partial charge >= 0.3 is 12.4 Å². The summed E-state index contributed by atoms with van der Waals surface area (Å²) in [7, 11) is 0. The van der Waals surface area contributed by atoms with Crippen LogP contribution in [0.25, 0.3) is 33.4 Å². The second kappa shape index (κ2) is 13.7. The molecule has 0 atom stereocenters. The van der Waals surface area contributed by atoms with E-state index < -0.39 is 25.4 Å². The highest BCUT2D eigenvalue weighted by Crippen LogP contribution is 2.44. The van der Waals surface area contributed by atoms with Gasteiger partial charge in [-0.25, -0.2) is 0 Å². The summed E-state index contributed by atoms with van der Waals surface area (Å²) in [5, 5.41) is 3.04. The van der Waals surface area contributed by atoms with Gasteiger partial charge < -0.3 is 14.5 Å². The minimum atomic E-state index is -4.48. The first kappa shape index (κ1) is 32.8. The number of nitrogens with one attached hydrogen (secondary N) is 2. The van der Waals surface area contributed by atoms with E-state index in [2.05, 4.69) is 15.0 Å². The molecule has 3 aromatic carbocycles. The lowest BCUT2D eigenvalue weighted by atomic mass is 9.91. The Morgan fingerprint density at radius 1 is 0.750 bits per heavy atom. The van der Waals surface area contributed by atoms with Crippen molar-refractivity contribution in [2.75, 3.05) is 23.1 Å². The highest BCUT2D eigenvalue weighted by Gasteiger charge is 2.28. The van der Waals surface area contributed by atoms with Crippen molar-refractivity contribution in [3.63, 3.8) is 0 Å². The number of hydrogen-bond acceptors (Lipinski definition) is 5. The van der Waals surface area contributed by atoms with Crippen LogP contribution in [-0.2, 0) is 0 Å². The van der Waals surface area contributed by atoms with Crippen LogP contribution in [0.15, 0.2) is 93.2 Å². The molecule has 0 unspecified atom stereocenters. The lowest BCUT2D eigenvalue weighted by Crippen LogP contribution is -2.21. The highest BCUT2D eigenvalue weighted by molar-refractivity contribution is 8.00. The van der Waals surface area contributed by atoms with E-state index in [1.807, 2.05) is 70.2 Å². The van der Waals surface area contributed by atoms with Crippen LogP contribution in [0.3, 0.4) is 0 Å². The predicted molar refractivity (Wildman–Crippen MR) is 166 cm³/mol. The van der Waals surface area contributed by atoms with Crippen molar-refractivity contribution in [3.05, 3.63) is 95.3 Å². The molecule has 1 heterocycles. The molecule has 11 heteroatoms. The zero-order valence-corrected chi connectivity index (χ0v) is 25.3. The molecule has 3 aromatic rings. The Bertz CT molecular complexity index is 1760. The fraction of sp³-hybridized carbons (Fsp3) is 0.242. The quantitative estimate of drug-likeness (QED) is 0.107. The number of hydrogen-bond donors (Lipinski definition) is 2. The zero-order chi connectivity index (χ0) is 32.1. The Hall–Kier alpha value is -4.12. The number of benzene rings is 4. The Morgan fingerprint density at radius 3 is 2.14 bits per heavy atom. The largest absolute Gasteiger partial charge is 0.456 e. The van der Waals surface area contributed by atoms with Crippen LogP contribution in [0.2, 0.25) is 0 Å². The fourth-order valence-electron chi connectivity index (χ4n) is 4.43. The highest BCUT2D eigenvalue weighted by atomic mass is 32.2. The van der Waals surface area contributed by atoms with Gasteiger partial charge in [0.2, 0.25) is 0 Å². The van der Waals surface area contributed by atoms with E-state index in [1.165, 1.54) is 36.2 Å². The maximum absolute atomic E-state index is 12.9. The number of anilines is 2. The molecular weight excluding hydrogens is 600 g/mol. The molecule has 2 aliphatic rings. The van der Waals surface area contributed by atoms with Gasteiger partial charge in [-0.1, -0.05) is 43.2 Å². The summed E-state index contributed by atoms with van der Waals surface area (Å²) in [5.74, 6) is 0.243. The molecule has 44 heavy (non-hydrogen) atoms. The number of halogens is 6. The van der Waals surface area contributed by atoms with Gasteiger partial charge in [0.05, 0.1) is 11.0 Å². The molecule has 1 aliphatic carbocycles. The second-order valence-corrected chi connectivity index (χ2v) is 10.7. The maximum atomic E-state index is 12.9. The van der Waals surface area contributed by atoms with Crippen LogP contribution in [-0.4, -0.2) is 25.4 Å². The molecular formula is C33H31F6N3OS. The summed E-state index contributed by atoms with van der Waals surface area (Å²) in [6.45, 7) is 5.35. The van der Waals surface area contributed by atoms with Crippen LogP contribution < -0.4 is 15.4 Å². The van der Waals surface area contributed by atoms with Gasteiger partial charge in [0.1, 0.15) is 24.4 Å². The van der Waals surface area contributed by atoms with Gasteiger partial charge in [0.25, 0.3) is 0 Å². The number of aryl methyl sites for hydroxylation is 2. The van der Waals surface area contributed by atoms with E-state index in [1.54, 1.807) is 12.1 Å². The Morgan fingerprint density at radius 2 is 1.45 bits per heavy atom.